The molecular formula is C16H15FN2O. The summed E-state index contributed by atoms with van der Waals surface area (Å²) in [5.41, 5.74) is 4.34. The zero-order valence-corrected chi connectivity index (χ0v) is 11.3. The highest BCUT2D eigenvalue weighted by Gasteiger charge is 2.30. The van der Waals surface area contributed by atoms with Gasteiger partial charge in [0.25, 0.3) is 5.91 Å². The predicted octanol–water partition coefficient (Wildman–Crippen LogP) is 3.55. The molecule has 0 bridgehead atoms. The van der Waals surface area contributed by atoms with Gasteiger partial charge in [-0.25, -0.2) is 4.39 Å². The van der Waals surface area contributed by atoms with Crippen molar-refractivity contribution in [3.05, 3.63) is 58.9 Å². The highest BCUT2D eigenvalue weighted by molar-refractivity contribution is 6.04. The molecule has 2 N–H and O–H groups in total. The minimum absolute atomic E-state index is 0.116. The number of halogens is 1. The van der Waals surface area contributed by atoms with Gasteiger partial charge in [-0.3, -0.25) is 4.79 Å². The number of benzene rings is 2. The molecule has 0 saturated carbocycles. The quantitative estimate of drug-likeness (QED) is 0.876. The number of fused-ring (bicyclic) bond motifs is 1. The van der Waals surface area contributed by atoms with Crippen LogP contribution in [0.5, 0.6) is 0 Å². The van der Waals surface area contributed by atoms with Gasteiger partial charge in [-0.05, 0) is 37.6 Å². The summed E-state index contributed by atoms with van der Waals surface area (Å²) >= 11 is 0. The number of carbonyl (C=O) groups excluding carboxylic acids is 1. The van der Waals surface area contributed by atoms with E-state index < -0.39 is 6.04 Å². The zero-order valence-electron chi connectivity index (χ0n) is 11.3. The lowest BCUT2D eigenvalue weighted by Gasteiger charge is -2.15. The number of carbonyl (C=O) groups is 1. The Labute approximate surface area is 116 Å². The average Bonchev–Trinajstić information content (AvgIpc) is 2.70. The highest BCUT2D eigenvalue weighted by atomic mass is 19.1. The first kappa shape index (κ1) is 12.7. The molecule has 1 aliphatic rings. The van der Waals surface area contributed by atoms with Gasteiger partial charge in [0.15, 0.2) is 0 Å². The maximum Gasteiger partial charge on any atom is 0.251 e. The predicted molar refractivity (Wildman–Crippen MR) is 77.3 cm³/mol. The highest BCUT2D eigenvalue weighted by Crippen LogP contribution is 2.34. The Balaban J connectivity index is 1.97. The molecule has 0 saturated heterocycles. The number of rotatable bonds is 2. The van der Waals surface area contributed by atoms with E-state index in [0.29, 0.717) is 5.69 Å². The maximum absolute atomic E-state index is 13.3. The fourth-order valence-electron chi connectivity index (χ4n) is 2.43. The van der Waals surface area contributed by atoms with Crippen molar-refractivity contribution < 1.29 is 9.18 Å². The summed E-state index contributed by atoms with van der Waals surface area (Å²) in [4.78, 5) is 12.1. The van der Waals surface area contributed by atoms with Crippen LogP contribution in [0.4, 0.5) is 15.8 Å². The topological polar surface area (TPSA) is 41.1 Å². The molecule has 1 unspecified atom stereocenters. The third-order valence-corrected chi connectivity index (χ3v) is 3.54. The number of anilines is 2. The van der Waals surface area contributed by atoms with E-state index in [1.54, 1.807) is 6.07 Å². The van der Waals surface area contributed by atoms with Crippen molar-refractivity contribution in [1.82, 2.24) is 0 Å². The van der Waals surface area contributed by atoms with Crippen LogP contribution in [0.2, 0.25) is 0 Å². The van der Waals surface area contributed by atoms with Crippen molar-refractivity contribution >= 4 is 17.3 Å². The fourth-order valence-corrected chi connectivity index (χ4v) is 2.43. The molecule has 2 aromatic rings. The average molecular weight is 270 g/mol. The first-order valence-electron chi connectivity index (χ1n) is 6.49. The second-order valence-corrected chi connectivity index (χ2v) is 5.12. The van der Waals surface area contributed by atoms with Crippen LogP contribution in [-0.4, -0.2) is 5.91 Å². The smallest absolute Gasteiger partial charge is 0.251 e. The summed E-state index contributed by atoms with van der Waals surface area (Å²) in [5, 5.41) is 5.96. The third kappa shape index (κ3) is 2.13. The molecule has 0 aromatic heterocycles. The van der Waals surface area contributed by atoms with Gasteiger partial charge in [0.1, 0.15) is 11.9 Å². The Morgan fingerprint density at radius 3 is 2.75 bits per heavy atom. The van der Waals surface area contributed by atoms with E-state index >= 15 is 0 Å². The number of amides is 1. The summed E-state index contributed by atoms with van der Waals surface area (Å²) in [6, 6.07) is 9.85. The monoisotopic (exact) mass is 270 g/mol. The van der Waals surface area contributed by atoms with E-state index in [1.165, 1.54) is 12.1 Å². The molecule has 20 heavy (non-hydrogen) atoms. The van der Waals surface area contributed by atoms with Crippen LogP contribution in [0.25, 0.3) is 0 Å². The molecule has 3 rings (SSSR count). The van der Waals surface area contributed by atoms with Crippen LogP contribution in [0.3, 0.4) is 0 Å². The van der Waals surface area contributed by atoms with Crippen LogP contribution < -0.4 is 10.6 Å². The van der Waals surface area contributed by atoms with Crippen molar-refractivity contribution in [2.45, 2.75) is 19.9 Å². The van der Waals surface area contributed by atoms with Gasteiger partial charge in [-0.2, -0.15) is 0 Å². The first-order valence-corrected chi connectivity index (χ1v) is 6.49. The normalized spacial score (nSPS) is 16.8. The maximum atomic E-state index is 13.3. The first-order chi connectivity index (χ1) is 9.54. The molecule has 1 aliphatic heterocycles. The Morgan fingerprint density at radius 1 is 1.15 bits per heavy atom. The number of hydrogen-bond donors (Lipinski definition) is 2. The molecule has 0 fully saturated rings. The van der Waals surface area contributed by atoms with Gasteiger partial charge in [-0.1, -0.05) is 23.8 Å². The Kier molecular flexibility index (Phi) is 2.93. The summed E-state index contributed by atoms with van der Waals surface area (Å²) < 4.78 is 13.3. The van der Waals surface area contributed by atoms with Crippen LogP contribution in [-0.2, 0) is 4.79 Å². The van der Waals surface area contributed by atoms with Crippen molar-refractivity contribution in [2.24, 2.45) is 0 Å². The summed E-state index contributed by atoms with van der Waals surface area (Å²) in [5.74, 6) is -0.435. The molecule has 0 aliphatic carbocycles. The van der Waals surface area contributed by atoms with Gasteiger partial charge < -0.3 is 10.6 Å². The van der Waals surface area contributed by atoms with E-state index in [9.17, 15) is 9.18 Å². The molecule has 0 radical (unpaired) electrons. The second kappa shape index (κ2) is 4.63. The molecule has 3 nitrogen and oxygen atoms in total. The van der Waals surface area contributed by atoms with Gasteiger partial charge in [0, 0.05) is 16.9 Å². The van der Waals surface area contributed by atoms with Crippen molar-refractivity contribution in [2.75, 3.05) is 10.6 Å². The lowest BCUT2D eigenvalue weighted by Crippen LogP contribution is -2.20. The van der Waals surface area contributed by atoms with Crippen molar-refractivity contribution in [1.29, 1.82) is 0 Å². The van der Waals surface area contributed by atoms with Crippen LogP contribution in [0, 0.1) is 19.7 Å². The van der Waals surface area contributed by atoms with Crippen LogP contribution in [0.1, 0.15) is 22.7 Å². The van der Waals surface area contributed by atoms with Crippen molar-refractivity contribution in [3.8, 4) is 0 Å². The summed E-state index contributed by atoms with van der Waals surface area (Å²) in [6.45, 7) is 3.86. The number of aryl methyl sites for hydroxylation is 2. The van der Waals surface area contributed by atoms with Crippen molar-refractivity contribution in [3.63, 3.8) is 0 Å². The van der Waals surface area contributed by atoms with Gasteiger partial charge in [0.2, 0.25) is 0 Å². The molecule has 2 aromatic carbocycles. The van der Waals surface area contributed by atoms with Gasteiger partial charge in [-0.15, -0.1) is 0 Å². The third-order valence-electron chi connectivity index (χ3n) is 3.54. The SMILES string of the molecule is Cc1ccc2c(c1)C(Nc1cc(F)ccc1C)C(=O)N2. The zero-order chi connectivity index (χ0) is 14.3. The molecule has 1 heterocycles. The molecule has 1 amide bonds. The Hall–Kier alpha value is -2.36. The van der Waals surface area contributed by atoms with Crippen LogP contribution >= 0.6 is 0 Å². The molecular weight excluding hydrogens is 255 g/mol. The molecule has 4 heteroatoms. The van der Waals surface area contributed by atoms with Gasteiger partial charge >= 0.3 is 0 Å². The van der Waals surface area contributed by atoms with E-state index in [2.05, 4.69) is 10.6 Å². The Bertz CT molecular complexity index is 697. The minimum atomic E-state index is -0.481. The fraction of sp³-hybridized carbons (Fsp3) is 0.188. The summed E-state index contributed by atoms with van der Waals surface area (Å²) in [7, 11) is 0. The lowest BCUT2D eigenvalue weighted by atomic mass is 10.0. The van der Waals surface area contributed by atoms with E-state index in [0.717, 1.165) is 22.4 Å². The molecule has 1 atom stereocenters. The molecule has 102 valence electrons. The second-order valence-electron chi connectivity index (χ2n) is 5.12. The standard InChI is InChI=1S/C16H15FN2O/c1-9-3-6-13-12(7-9)15(16(20)19-13)18-14-8-11(17)5-4-10(14)2/h3-8,15,18H,1-2H3,(H,19,20). The number of hydrogen-bond acceptors (Lipinski definition) is 2. The minimum Gasteiger partial charge on any atom is -0.370 e. The Morgan fingerprint density at radius 2 is 1.95 bits per heavy atom. The largest absolute Gasteiger partial charge is 0.370 e. The number of nitrogens with one attached hydrogen (secondary N) is 2. The molecule has 0 spiro atoms. The van der Waals surface area contributed by atoms with Gasteiger partial charge in [0.05, 0.1) is 0 Å². The summed E-state index contributed by atoms with van der Waals surface area (Å²) in [6.07, 6.45) is 0. The van der Waals surface area contributed by atoms with E-state index in [4.69, 9.17) is 0 Å². The van der Waals surface area contributed by atoms with E-state index in [1.807, 2.05) is 32.0 Å². The van der Waals surface area contributed by atoms with E-state index in [-0.39, 0.29) is 11.7 Å². The van der Waals surface area contributed by atoms with Crippen LogP contribution in [0.15, 0.2) is 36.4 Å². The lowest BCUT2D eigenvalue weighted by molar-refractivity contribution is -0.116.